The number of aliphatic carboxylic acids is 1. The second-order valence-electron chi connectivity index (χ2n) is 3.88. The third kappa shape index (κ3) is 3.74. The number of hydrogen-bond acceptors (Lipinski definition) is 4. The smallest absolute Gasteiger partial charge is 0.317 e. The van der Waals surface area contributed by atoms with Crippen LogP contribution in [0.15, 0.2) is 29.2 Å². The van der Waals surface area contributed by atoms with Crippen molar-refractivity contribution in [2.75, 3.05) is 0 Å². The Morgan fingerprint density at radius 2 is 2.12 bits per heavy atom. The average Bonchev–Trinajstić information content (AvgIpc) is 2.25. The molecular weight excluding hydrogens is 242 g/mol. The lowest BCUT2D eigenvalue weighted by molar-refractivity contribution is -0.385. The van der Waals surface area contributed by atoms with Crippen LogP contribution in [0.1, 0.15) is 13.8 Å². The number of carbonyl (C=O) groups is 1. The van der Waals surface area contributed by atoms with Gasteiger partial charge in [-0.1, -0.05) is 19.9 Å². The number of nitrogens with zero attached hydrogens (tertiary/aromatic N) is 1. The molecule has 0 amide bonds. The van der Waals surface area contributed by atoms with Gasteiger partial charge < -0.3 is 5.11 Å². The van der Waals surface area contributed by atoms with Crippen LogP contribution < -0.4 is 0 Å². The SMILES string of the molecule is CC(C)C(Sc1cccc([N+](=O)[O-])c1)C(=O)O. The van der Waals surface area contributed by atoms with Gasteiger partial charge in [0.15, 0.2) is 0 Å². The van der Waals surface area contributed by atoms with Crippen LogP contribution in [-0.2, 0) is 4.79 Å². The zero-order valence-corrected chi connectivity index (χ0v) is 10.3. The van der Waals surface area contributed by atoms with Crippen LogP contribution in [0, 0.1) is 16.0 Å². The minimum Gasteiger partial charge on any atom is -0.480 e. The molecule has 5 nitrogen and oxygen atoms in total. The van der Waals surface area contributed by atoms with E-state index in [-0.39, 0.29) is 11.6 Å². The Morgan fingerprint density at radius 3 is 2.59 bits per heavy atom. The highest BCUT2D eigenvalue weighted by atomic mass is 32.2. The molecule has 1 unspecified atom stereocenters. The van der Waals surface area contributed by atoms with Crippen LogP contribution in [0.25, 0.3) is 0 Å². The van der Waals surface area contributed by atoms with E-state index < -0.39 is 16.1 Å². The molecule has 0 aromatic heterocycles. The number of carboxylic acids is 1. The molecule has 1 atom stereocenters. The van der Waals surface area contributed by atoms with E-state index in [0.717, 1.165) is 11.8 Å². The zero-order chi connectivity index (χ0) is 13.0. The summed E-state index contributed by atoms with van der Waals surface area (Å²) in [4.78, 5) is 21.7. The Labute approximate surface area is 103 Å². The Balaban J connectivity index is 2.90. The lowest BCUT2D eigenvalue weighted by Gasteiger charge is -2.15. The van der Waals surface area contributed by atoms with Gasteiger partial charge >= 0.3 is 5.97 Å². The predicted molar refractivity (Wildman–Crippen MR) is 65.2 cm³/mol. The molecule has 1 aromatic carbocycles. The summed E-state index contributed by atoms with van der Waals surface area (Å²) < 4.78 is 0. The van der Waals surface area contributed by atoms with Crippen molar-refractivity contribution in [3.63, 3.8) is 0 Å². The fourth-order valence-electron chi connectivity index (χ4n) is 1.29. The third-order valence-electron chi connectivity index (χ3n) is 2.14. The second-order valence-corrected chi connectivity index (χ2v) is 5.09. The molecule has 0 fully saturated rings. The normalized spacial score (nSPS) is 12.4. The van der Waals surface area contributed by atoms with Gasteiger partial charge in [-0.25, -0.2) is 0 Å². The number of benzene rings is 1. The maximum atomic E-state index is 11.0. The van der Waals surface area contributed by atoms with Crippen LogP contribution in [0.3, 0.4) is 0 Å². The number of hydrogen-bond donors (Lipinski definition) is 1. The van der Waals surface area contributed by atoms with Gasteiger partial charge in [0.25, 0.3) is 5.69 Å². The van der Waals surface area contributed by atoms with Gasteiger partial charge in [-0.05, 0) is 12.0 Å². The molecule has 0 radical (unpaired) electrons. The van der Waals surface area contributed by atoms with Crippen molar-refractivity contribution >= 4 is 23.4 Å². The van der Waals surface area contributed by atoms with Crippen molar-refractivity contribution in [3.05, 3.63) is 34.4 Å². The van der Waals surface area contributed by atoms with E-state index >= 15 is 0 Å². The lowest BCUT2D eigenvalue weighted by Crippen LogP contribution is -2.22. The van der Waals surface area contributed by atoms with Gasteiger partial charge in [0, 0.05) is 17.0 Å². The molecule has 17 heavy (non-hydrogen) atoms. The van der Waals surface area contributed by atoms with Crippen molar-refractivity contribution in [2.45, 2.75) is 24.0 Å². The van der Waals surface area contributed by atoms with E-state index in [1.807, 2.05) is 13.8 Å². The molecule has 0 spiro atoms. The van der Waals surface area contributed by atoms with Crippen LogP contribution in [0.2, 0.25) is 0 Å². The summed E-state index contributed by atoms with van der Waals surface area (Å²) in [7, 11) is 0. The number of non-ortho nitro benzene ring substituents is 1. The highest BCUT2D eigenvalue weighted by Gasteiger charge is 2.23. The second kappa shape index (κ2) is 5.67. The standard InChI is InChI=1S/C11H13NO4S/c1-7(2)10(11(13)14)17-9-5-3-4-8(6-9)12(15)16/h3-7,10H,1-2H3,(H,13,14). The van der Waals surface area contributed by atoms with Gasteiger partial charge in [-0.3, -0.25) is 14.9 Å². The molecule has 0 saturated carbocycles. The number of carboxylic acid groups (broad SMARTS) is 1. The average molecular weight is 255 g/mol. The molecular formula is C11H13NO4S. The van der Waals surface area contributed by atoms with Gasteiger partial charge in [0.2, 0.25) is 0 Å². The Bertz CT molecular complexity index is 433. The molecule has 0 aliphatic rings. The van der Waals surface area contributed by atoms with Crippen molar-refractivity contribution < 1.29 is 14.8 Å². The molecule has 0 aliphatic heterocycles. The number of nitro benzene ring substituents is 1. The monoisotopic (exact) mass is 255 g/mol. The Hall–Kier alpha value is -1.56. The maximum absolute atomic E-state index is 11.0. The van der Waals surface area contributed by atoms with E-state index in [0.29, 0.717) is 4.90 Å². The summed E-state index contributed by atoms with van der Waals surface area (Å²) in [6.45, 7) is 3.62. The van der Waals surface area contributed by atoms with E-state index in [1.54, 1.807) is 12.1 Å². The summed E-state index contributed by atoms with van der Waals surface area (Å²) >= 11 is 1.13. The summed E-state index contributed by atoms with van der Waals surface area (Å²) in [6, 6.07) is 6.01. The van der Waals surface area contributed by atoms with E-state index in [9.17, 15) is 14.9 Å². The summed E-state index contributed by atoms with van der Waals surface area (Å²) in [5.41, 5.74) is -0.0251. The van der Waals surface area contributed by atoms with Crippen LogP contribution in [0.5, 0.6) is 0 Å². The molecule has 1 N–H and O–H groups in total. The van der Waals surface area contributed by atoms with Crippen molar-refractivity contribution in [2.24, 2.45) is 5.92 Å². The lowest BCUT2D eigenvalue weighted by atomic mass is 10.1. The quantitative estimate of drug-likeness (QED) is 0.497. The van der Waals surface area contributed by atoms with Crippen LogP contribution >= 0.6 is 11.8 Å². The topological polar surface area (TPSA) is 80.4 Å². The maximum Gasteiger partial charge on any atom is 0.317 e. The van der Waals surface area contributed by atoms with Gasteiger partial charge in [0.1, 0.15) is 5.25 Å². The molecule has 0 heterocycles. The van der Waals surface area contributed by atoms with Gasteiger partial charge in [-0.2, -0.15) is 0 Å². The molecule has 0 saturated heterocycles. The summed E-state index contributed by atoms with van der Waals surface area (Å²) in [6.07, 6.45) is 0. The Morgan fingerprint density at radius 1 is 1.47 bits per heavy atom. The molecule has 1 rings (SSSR count). The van der Waals surface area contributed by atoms with E-state index in [2.05, 4.69) is 0 Å². The molecule has 6 heteroatoms. The largest absolute Gasteiger partial charge is 0.480 e. The first-order valence-electron chi connectivity index (χ1n) is 5.05. The number of thioether (sulfide) groups is 1. The first-order valence-corrected chi connectivity index (χ1v) is 5.93. The molecule has 92 valence electrons. The highest BCUT2D eigenvalue weighted by molar-refractivity contribution is 8.00. The van der Waals surface area contributed by atoms with Crippen LogP contribution in [0.4, 0.5) is 5.69 Å². The highest BCUT2D eigenvalue weighted by Crippen LogP contribution is 2.30. The third-order valence-corrected chi connectivity index (χ3v) is 3.67. The van der Waals surface area contributed by atoms with E-state index in [4.69, 9.17) is 5.11 Å². The predicted octanol–water partition coefficient (Wildman–Crippen LogP) is 2.80. The fourth-order valence-corrected chi connectivity index (χ4v) is 2.30. The fraction of sp³-hybridized carbons (Fsp3) is 0.364. The van der Waals surface area contributed by atoms with Crippen LogP contribution in [-0.4, -0.2) is 21.2 Å². The number of rotatable bonds is 5. The molecule has 0 aliphatic carbocycles. The van der Waals surface area contributed by atoms with Gasteiger partial charge in [-0.15, -0.1) is 11.8 Å². The zero-order valence-electron chi connectivity index (χ0n) is 9.49. The minimum atomic E-state index is -0.906. The first kappa shape index (κ1) is 13.5. The summed E-state index contributed by atoms with van der Waals surface area (Å²) in [5.74, 6) is -0.951. The van der Waals surface area contributed by atoms with E-state index in [1.165, 1.54) is 12.1 Å². The van der Waals surface area contributed by atoms with Crippen molar-refractivity contribution in [1.82, 2.24) is 0 Å². The van der Waals surface area contributed by atoms with Crippen molar-refractivity contribution in [3.8, 4) is 0 Å². The summed E-state index contributed by atoms with van der Waals surface area (Å²) in [5, 5.41) is 19.0. The van der Waals surface area contributed by atoms with Crippen molar-refractivity contribution in [1.29, 1.82) is 0 Å². The molecule has 0 bridgehead atoms. The Kier molecular flexibility index (Phi) is 4.51. The minimum absolute atomic E-state index is 0.0251. The van der Waals surface area contributed by atoms with Gasteiger partial charge in [0.05, 0.1) is 4.92 Å². The number of nitro groups is 1. The first-order chi connectivity index (χ1) is 7.91. The molecule has 1 aromatic rings.